The van der Waals surface area contributed by atoms with E-state index in [1.807, 2.05) is 6.92 Å². The second-order valence-corrected chi connectivity index (χ2v) is 3.66. The zero-order valence-corrected chi connectivity index (χ0v) is 8.45. The molecule has 78 valence electrons. The molecule has 0 radical (unpaired) electrons. The Morgan fingerprint density at radius 1 is 1.57 bits per heavy atom. The van der Waals surface area contributed by atoms with Crippen LogP contribution in [0.4, 0.5) is 0 Å². The lowest BCUT2D eigenvalue weighted by molar-refractivity contribution is 0.190. The number of aryl methyl sites for hydroxylation is 1. The summed E-state index contributed by atoms with van der Waals surface area (Å²) in [5, 5.41) is 0. The van der Waals surface area contributed by atoms with E-state index in [1.165, 1.54) is 0 Å². The van der Waals surface area contributed by atoms with Crippen molar-refractivity contribution >= 4 is 0 Å². The smallest absolute Gasteiger partial charge is 0.200 e. The molecule has 1 fully saturated rings. The van der Waals surface area contributed by atoms with Crippen molar-refractivity contribution in [3.63, 3.8) is 0 Å². The highest BCUT2D eigenvalue weighted by Crippen LogP contribution is 2.26. The summed E-state index contributed by atoms with van der Waals surface area (Å²) < 4.78 is 11.0. The molecule has 2 N–H and O–H groups in total. The summed E-state index contributed by atoms with van der Waals surface area (Å²) in [5.74, 6) is 2.10. The van der Waals surface area contributed by atoms with Gasteiger partial charge in [-0.3, -0.25) is 0 Å². The Hall–Kier alpha value is -0.870. The fourth-order valence-electron chi connectivity index (χ4n) is 1.72. The molecule has 1 aromatic heterocycles. The Morgan fingerprint density at radius 2 is 2.43 bits per heavy atom. The number of nitrogens with two attached hydrogens (primary N) is 1. The third kappa shape index (κ3) is 1.81. The number of oxazole rings is 1. The molecule has 2 rings (SSSR count). The number of ether oxygens (including phenoxy) is 1. The Kier molecular flexibility index (Phi) is 2.84. The van der Waals surface area contributed by atoms with Gasteiger partial charge in [0.05, 0.1) is 18.2 Å². The van der Waals surface area contributed by atoms with Crippen molar-refractivity contribution in [3.05, 3.63) is 17.3 Å². The van der Waals surface area contributed by atoms with Gasteiger partial charge in [0.25, 0.3) is 0 Å². The second-order valence-electron chi connectivity index (χ2n) is 3.66. The van der Waals surface area contributed by atoms with Crippen LogP contribution in [0.3, 0.4) is 0 Å². The molecule has 1 atom stereocenters. The molecule has 2 heterocycles. The first-order valence-electron chi connectivity index (χ1n) is 5.05. The zero-order valence-electron chi connectivity index (χ0n) is 8.45. The molecule has 0 amide bonds. The lowest BCUT2D eigenvalue weighted by atomic mass is 10.1. The Morgan fingerprint density at radius 3 is 3.07 bits per heavy atom. The maximum atomic E-state index is 5.67. The van der Waals surface area contributed by atoms with Crippen LogP contribution in [0.2, 0.25) is 0 Å². The van der Waals surface area contributed by atoms with Crippen molar-refractivity contribution in [3.8, 4) is 0 Å². The highest BCUT2D eigenvalue weighted by Gasteiger charge is 2.23. The van der Waals surface area contributed by atoms with Crippen molar-refractivity contribution in [2.24, 2.45) is 5.73 Å². The molecule has 4 nitrogen and oxygen atoms in total. The first-order chi connectivity index (χ1) is 6.81. The molecular weight excluding hydrogens is 180 g/mol. The van der Waals surface area contributed by atoms with Gasteiger partial charge in [-0.25, -0.2) is 4.98 Å². The molecule has 1 aromatic rings. The molecule has 0 aromatic carbocycles. The van der Waals surface area contributed by atoms with Crippen LogP contribution in [0.5, 0.6) is 0 Å². The Balaban J connectivity index is 2.14. The van der Waals surface area contributed by atoms with E-state index in [0.29, 0.717) is 12.5 Å². The fourth-order valence-corrected chi connectivity index (χ4v) is 1.72. The lowest BCUT2D eigenvalue weighted by Crippen LogP contribution is -2.02. The molecule has 1 saturated heterocycles. The number of aromatic nitrogens is 1. The monoisotopic (exact) mass is 196 g/mol. The fraction of sp³-hybridized carbons (Fsp3) is 0.700. The van der Waals surface area contributed by atoms with Crippen LogP contribution in [0, 0.1) is 6.92 Å². The largest absolute Gasteiger partial charge is 0.445 e. The zero-order chi connectivity index (χ0) is 9.97. The van der Waals surface area contributed by atoms with Crippen molar-refractivity contribution in [1.29, 1.82) is 0 Å². The van der Waals surface area contributed by atoms with Crippen molar-refractivity contribution < 1.29 is 9.15 Å². The highest BCUT2D eigenvalue weighted by molar-refractivity contribution is 5.11. The molecule has 14 heavy (non-hydrogen) atoms. The Bertz CT molecular complexity index is 303. The van der Waals surface area contributed by atoms with E-state index in [9.17, 15) is 0 Å². The summed E-state index contributed by atoms with van der Waals surface area (Å²) in [6.07, 6.45) is 1.79. The van der Waals surface area contributed by atoms with Gasteiger partial charge in [0.2, 0.25) is 0 Å². The van der Waals surface area contributed by atoms with E-state index in [1.54, 1.807) is 0 Å². The molecule has 0 bridgehead atoms. The number of hydrogen-bond acceptors (Lipinski definition) is 4. The number of hydrogen-bond donors (Lipinski definition) is 1. The molecule has 1 unspecified atom stereocenters. The molecular formula is C10H16N2O2. The summed E-state index contributed by atoms with van der Waals surface area (Å²) in [4.78, 5) is 4.41. The first kappa shape index (κ1) is 9.68. The predicted octanol–water partition coefficient (Wildman–Crippen LogP) is 0.988. The van der Waals surface area contributed by atoms with Crippen molar-refractivity contribution in [2.75, 3.05) is 19.8 Å². The van der Waals surface area contributed by atoms with Crippen molar-refractivity contribution in [1.82, 2.24) is 4.98 Å². The molecule has 0 spiro atoms. The Labute approximate surface area is 83.4 Å². The van der Waals surface area contributed by atoms with E-state index in [-0.39, 0.29) is 0 Å². The third-order valence-corrected chi connectivity index (χ3v) is 2.56. The minimum Gasteiger partial charge on any atom is -0.445 e. The summed E-state index contributed by atoms with van der Waals surface area (Å²) in [7, 11) is 0. The van der Waals surface area contributed by atoms with Crippen molar-refractivity contribution in [2.45, 2.75) is 25.7 Å². The maximum absolute atomic E-state index is 5.67. The van der Waals surface area contributed by atoms with Crippen LogP contribution in [0.25, 0.3) is 0 Å². The van der Waals surface area contributed by atoms with E-state index >= 15 is 0 Å². The minimum absolute atomic E-state index is 0.347. The average Bonchev–Trinajstić information content (AvgIpc) is 2.76. The van der Waals surface area contributed by atoms with E-state index in [4.69, 9.17) is 14.9 Å². The van der Waals surface area contributed by atoms with Crippen LogP contribution >= 0.6 is 0 Å². The number of nitrogens with zero attached hydrogens (tertiary/aromatic N) is 1. The van der Waals surface area contributed by atoms with Crippen LogP contribution in [-0.2, 0) is 11.2 Å². The predicted molar refractivity (Wildman–Crippen MR) is 52.2 cm³/mol. The van der Waals surface area contributed by atoms with Gasteiger partial charge < -0.3 is 14.9 Å². The summed E-state index contributed by atoms with van der Waals surface area (Å²) in [5.41, 5.74) is 6.45. The minimum atomic E-state index is 0.347. The van der Waals surface area contributed by atoms with E-state index in [0.717, 1.165) is 43.4 Å². The van der Waals surface area contributed by atoms with Gasteiger partial charge in [-0.1, -0.05) is 0 Å². The topological polar surface area (TPSA) is 61.3 Å². The highest BCUT2D eigenvalue weighted by atomic mass is 16.5. The van der Waals surface area contributed by atoms with Gasteiger partial charge >= 0.3 is 0 Å². The molecule has 0 aliphatic carbocycles. The average molecular weight is 196 g/mol. The molecule has 1 aliphatic heterocycles. The summed E-state index contributed by atoms with van der Waals surface area (Å²) in [6, 6.07) is 0. The quantitative estimate of drug-likeness (QED) is 0.783. The van der Waals surface area contributed by atoms with Gasteiger partial charge in [0.1, 0.15) is 5.76 Å². The van der Waals surface area contributed by atoms with Gasteiger partial charge in [0.15, 0.2) is 5.89 Å². The second kappa shape index (κ2) is 4.11. The SMILES string of the molecule is Cc1nc(C2CCOC2)oc1CCN. The van der Waals surface area contributed by atoms with Gasteiger partial charge in [-0.2, -0.15) is 0 Å². The summed E-state index contributed by atoms with van der Waals surface area (Å²) >= 11 is 0. The molecule has 0 saturated carbocycles. The van der Waals surface area contributed by atoms with Gasteiger partial charge in [-0.15, -0.1) is 0 Å². The van der Waals surface area contributed by atoms with Crippen LogP contribution in [0.15, 0.2) is 4.42 Å². The van der Waals surface area contributed by atoms with Gasteiger partial charge in [0, 0.05) is 13.0 Å². The van der Waals surface area contributed by atoms with Crippen LogP contribution in [-0.4, -0.2) is 24.7 Å². The van der Waals surface area contributed by atoms with Gasteiger partial charge in [-0.05, 0) is 19.9 Å². The van der Waals surface area contributed by atoms with E-state index in [2.05, 4.69) is 4.98 Å². The van der Waals surface area contributed by atoms with E-state index < -0.39 is 0 Å². The standard InChI is InChI=1S/C10H16N2O2/c1-7-9(2-4-11)14-10(12-7)8-3-5-13-6-8/h8H,2-6,11H2,1H3. The van der Waals surface area contributed by atoms with Crippen LogP contribution in [0.1, 0.15) is 29.7 Å². The molecule has 4 heteroatoms. The first-order valence-corrected chi connectivity index (χ1v) is 5.05. The molecule has 1 aliphatic rings. The number of rotatable bonds is 3. The third-order valence-electron chi connectivity index (χ3n) is 2.56. The van der Waals surface area contributed by atoms with Crippen LogP contribution < -0.4 is 5.73 Å². The lowest BCUT2D eigenvalue weighted by Gasteiger charge is -1.99. The normalized spacial score (nSPS) is 21.7. The maximum Gasteiger partial charge on any atom is 0.200 e. The summed E-state index contributed by atoms with van der Waals surface area (Å²) in [6.45, 7) is 4.13.